The van der Waals surface area contributed by atoms with Gasteiger partial charge in [0.1, 0.15) is 0 Å². The third kappa shape index (κ3) is 1.47. The van der Waals surface area contributed by atoms with E-state index in [-0.39, 0.29) is 0 Å². The zero-order valence-corrected chi connectivity index (χ0v) is 4.84. The molecule has 1 aromatic heterocycles. The van der Waals surface area contributed by atoms with Crippen LogP contribution in [-0.2, 0) is 6.54 Å². The highest BCUT2D eigenvalue weighted by atomic mass is 19.1. The van der Waals surface area contributed by atoms with Crippen molar-refractivity contribution >= 4 is 0 Å². The molecule has 0 aromatic carbocycles. The van der Waals surface area contributed by atoms with Crippen molar-refractivity contribution < 1.29 is 4.39 Å². The lowest BCUT2D eigenvalue weighted by Crippen LogP contribution is -1.96. The number of nitrogens with zero attached hydrogens (tertiary/aromatic N) is 1. The molecule has 0 fully saturated rings. The minimum Gasteiger partial charge on any atom is -0.326 e. The number of rotatable bonds is 1. The smallest absolute Gasteiger partial charge is 0.212 e. The molecule has 9 heavy (non-hydrogen) atoms. The van der Waals surface area contributed by atoms with Gasteiger partial charge < -0.3 is 5.73 Å². The number of aromatic nitrogens is 1. The largest absolute Gasteiger partial charge is 0.326 e. The van der Waals surface area contributed by atoms with E-state index in [1.54, 1.807) is 6.07 Å². The van der Waals surface area contributed by atoms with E-state index in [9.17, 15) is 4.39 Å². The Labute approximate surface area is 52.5 Å². The molecule has 0 bridgehead atoms. The fourth-order valence-electron chi connectivity index (χ4n) is 0.527. The van der Waals surface area contributed by atoms with Crippen LogP contribution in [0, 0.1) is 5.95 Å². The zero-order valence-electron chi connectivity index (χ0n) is 4.84. The Morgan fingerprint density at radius 3 is 2.78 bits per heavy atom. The Balaban J connectivity index is 2.88. The second kappa shape index (κ2) is 2.55. The van der Waals surface area contributed by atoms with Crippen LogP contribution in [0.3, 0.4) is 0 Å². The third-order valence-corrected chi connectivity index (χ3v) is 1.02. The third-order valence-electron chi connectivity index (χ3n) is 1.02. The Morgan fingerprint density at radius 2 is 2.33 bits per heavy atom. The van der Waals surface area contributed by atoms with Crippen molar-refractivity contribution in [3.63, 3.8) is 0 Å². The quantitative estimate of drug-likeness (QED) is 0.562. The zero-order chi connectivity index (χ0) is 6.69. The van der Waals surface area contributed by atoms with Crippen molar-refractivity contribution in [2.75, 3.05) is 0 Å². The summed E-state index contributed by atoms with van der Waals surface area (Å²) in [5.41, 5.74) is 6.08. The maximum atomic E-state index is 12.1. The number of hydrogen-bond acceptors (Lipinski definition) is 2. The minimum atomic E-state index is -0.466. The van der Waals surface area contributed by atoms with Gasteiger partial charge in [-0.1, -0.05) is 6.07 Å². The fraction of sp³-hybridized carbons (Fsp3) is 0.167. The molecule has 0 aliphatic rings. The van der Waals surface area contributed by atoms with Crippen LogP contribution in [0.2, 0.25) is 0 Å². The van der Waals surface area contributed by atoms with Crippen LogP contribution in [0.5, 0.6) is 0 Å². The van der Waals surface area contributed by atoms with Gasteiger partial charge in [-0.15, -0.1) is 0 Å². The maximum absolute atomic E-state index is 12.1. The lowest BCUT2D eigenvalue weighted by molar-refractivity contribution is 0.582. The molecule has 3 heteroatoms. The van der Waals surface area contributed by atoms with Crippen molar-refractivity contribution in [1.82, 2.24) is 4.98 Å². The maximum Gasteiger partial charge on any atom is 0.212 e. The van der Waals surface area contributed by atoms with E-state index in [1.165, 1.54) is 12.3 Å². The summed E-state index contributed by atoms with van der Waals surface area (Å²) < 4.78 is 12.1. The van der Waals surface area contributed by atoms with Crippen LogP contribution in [0.15, 0.2) is 18.3 Å². The van der Waals surface area contributed by atoms with Crippen LogP contribution in [0.1, 0.15) is 5.56 Å². The van der Waals surface area contributed by atoms with E-state index in [2.05, 4.69) is 4.98 Å². The molecule has 0 aliphatic heterocycles. The van der Waals surface area contributed by atoms with E-state index in [1.807, 2.05) is 0 Å². The Kier molecular flexibility index (Phi) is 1.75. The van der Waals surface area contributed by atoms with Gasteiger partial charge >= 0.3 is 0 Å². The number of halogens is 1. The monoisotopic (exact) mass is 126 g/mol. The van der Waals surface area contributed by atoms with Crippen molar-refractivity contribution in [3.8, 4) is 0 Å². The molecule has 0 saturated carbocycles. The average molecular weight is 126 g/mol. The highest BCUT2D eigenvalue weighted by Crippen LogP contribution is 1.95. The van der Waals surface area contributed by atoms with Gasteiger partial charge in [-0.2, -0.15) is 4.39 Å². The Morgan fingerprint density at radius 1 is 1.56 bits per heavy atom. The molecule has 1 rings (SSSR count). The van der Waals surface area contributed by atoms with Gasteiger partial charge in [-0.3, -0.25) is 0 Å². The first kappa shape index (κ1) is 6.16. The van der Waals surface area contributed by atoms with Crippen LogP contribution in [0.4, 0.5) is 4.39 Å². The predicted molar refractivity (Wildman–Crippen MR) is 32.1 cm³/mol. The standard InChI is InChI=1S/C6H7FN2/c7-6-2-1-5(3-8)4-9-6/h1-2,4H,3,8H2. The molecule has 0 spiro atoms. The van der Waals surface area contributed by atoms with Crippen LogP contribution in [-0.4, -0.2) is 4.98 Å². The first-order valence-corrected chi connectivity index (χ1v) is 2.63. The first-order chi connectivity index (χ1) is 4.33. The van der Waals surface area contributed by atoms with Crippen LogP contribution in [0.25, 0.3) is 0 Å². The molecule has 2 nitrogen and oxygen atoms in total. The highest BCUT2D eigenvalue weighted by Gasteiger charge is 1.89. The number of pyridine rings is 1. The van der Waals surface area contributed by atoms with E-state index >= 15 is 0 Å². The van der Waals surface area contributed by atoms with E-state index in [4.69, 9.17) is 5.73 Å². The highest BCUT2D eigenvalue weighted by molar-refractivity contribution is 5.08. The lowest BCUT2D eigenvalue weighted by Gasteiger charge is -1.91. The molecule has 1 heterocycles. The SMILES string of the molecule is NCc1ccc(F)nc1. The molecule has 48 valence electrons. The average Bonchev–Trinajstić information content (AvgIpc) is 1.90. The molecule has 2 N–H and O–H groups in total. The number of hydrogen-bond donors (Lipinski definition) is 1. The molecule has 0 atom stereocenters. The fourth-order valence-corrected chi connectivity index (χ4v) is 0.527. The summed E-state index contributed by atoms with van der Waals surface area (Å²) in [7, 11) is 0. The van der Waals surface area contributed by atoms with Crippen molar-refractivity contribution in [3.05, 3.63) is 29.8 Å². The molecule has 0 aliphatic carbocycles. The summed E-state index contributed by atoms with van der Waals surface area (Å²) in [4.78, 5) is 3.40. The lowest BCUT2D eigenvalue weighted by atomic mass is 10.3. The predicted octanol–water partition coefficient (Wildman–Crippen LogP) is 0.679. The van der Waals surface area contributed by atoms with Gasteiger partial charge in [-0.25, -0.2) is 4.98 Å². The molecule has 0 radical (unpaired) electrons. The van der Waals surface area contributed by atoms with Crippen molar-refractivity contribution in [2.45, 2.75) is 6.54 Å². The number of nitrogens with two attached hydrogens (primary N) is 1. The first-order valence-electron chi connectivity index (χ1n) is 2.63. The molecule has 0 amide bonds. The van der Waals surface area contributed by atoms with E-state index in [0.29, 0.717) is 6.54 Å². The van der Waals surface area contributed by atoms with Gasteiger partial charge in [0.25, 0.3) is 0 Å². The summed E-state index contributed by atoms with van der Waals surface area (Å²) in [5, 5.41) is 0. The summed E-state index contributed by atoms with van der Waals surface area (Å²) in [5.74, 6) is -0.466. The van der Waals surface area contributed by atoms with Gasteiger partial charge in [0.15, 0.2) is 0 Å². The van der Waals surface area contributed by atoms with Crippen LogP contribution < -0.4 is 5.73 Å². The topological polar surface area (TPSA) is 38.9 Å². The van der Waals surface area contributed by atoms with Gasteiger partial charge in [0.05, 0.1) is 0 Å². The van der Waals surface area contributed by atoms with Crippen molar-refractivity contribution in [2.24, 2.45) is 5.73 Å². The molecule has 0 unspecified atom stereocenters. The molecular weight excluding hydrogens is 119 g/mol. The Hall–Kier alpha value is -0.960. The summed E-state index contributed by atoms with van der Waals surface area (Å²) >= 11 is 0. The van der Waals surface area contributed by atoms with Crippen LogP contribution >= 0.6 is 0 Å². The summed E-state index contributed by atoms with van der Waals surface area (Å²) in [6.45, 7) is 0.410. The second-order valence-corrected chi connectivity index (χ2v) is 1.69. The molecule has 1 aromatic rings. The van der Waals surface area contributed by atoms with Crippen molar-refractivity contribution in [1.29, 1.82) is 0 Å². The summed E-state index contributed by atoms with van der Waals surface area (Å²) in [6, 6.07) is 2.91. The van der Waals surface area contributed by atoms with Gasteiger partial charge in [-0.05, 0) is 11.6 Å². The minimum absolute atomic E-state index is 0.410. The van der Waals surface area contributed by atoms with Gasteiger partial charge in [0, 0.05) is 12.7 Å². The summed E-state index contributed by atoms with van der Waals surface area (Å²) in [6.07, 6.45) is 1.43. The van der Waals surface area contributed by atoms with E-state index < -0.39 is 5.95 Å². The molecular formula is C6H7FN2. The second-order valence-electron chi connectivity index (χ2n) is 1.69. The Bertz CT molecular complexity index is 183. The van der Waals surface area contributed by atoms with Gasteiger partial charge in [0.2, 0.25) is 5.95 Å². The van der Waals surface area contributed by atoms with E-state index in [0.717, 1.165) is 5.56 Å². The normalized spacial score (nSPS) is 9.56. The molecule has 0 saturated heterocycles.